The molecule has 0 saturated heterocycles. The number of amides is 1. The van der Waals surface area contributed by atoms with Crippen LogP contribution in [0.2, 0.25) is 0 Å². The maximum Gasteiger partial charge on any atom is 0.303 e. The normalized spacial score (nSPS) is 10.6. The van der Waals surface area contributed by atoms with Gasteiger partial charge in [0.25, 0.3) is 5.91 Å². The summed E-state index contributed by atoms with van der Waals surface area (Å²) in [5.41, 5.74) is -0.0452. The second kappa shape index (κ2) is 9.94. The van der Waals surface area contributed by atoms with Crippen LogP contribution in [0.15, 0.2) is 36.2 Å². The molecule has 0 aliphatic rings. The molecule has 1 rings (SSSR count). The second-order valence-electron chi connectivity index (χ2n) is 4.49. The molecular weight excluding hydrogens is 284 g/mol. The minimum Gasteiger partial charge on any atom is -0.481 e. The first-order valence-corrected chi connectivity index (χ1v) is 6.91. The monoisotopic (exact) mass is 302 g/mol. The van der Waals surface area contributed by atoms with Crippen LogP contribution in [0.1, 0.15) is 25.7 Å². The summed E-state index contributed by atoms with van der Waals surface area (Å²) in [6, 6.07) is 7.08. The maximum atomic E-state index is 11.8. The van der Waals surface area contributed by atoms with E-state index in [1.165, 1.54) is 6.20 Å². The van der Waals surface area contributed by atoms with Crippen LogP contribution in [-0.2, 0) is 9.59 Å². The molecule has 0 fully saturated rings. The number of carbonyl (C=O) groups is 2. The van der Waals surface area contributed by atoms with Gasteiger partial charge in [-0.1, -0.05) is 12.5 Å². The van der Waals surface area contributed by atoms with Gasteiger partial charge >= 0.3 is 5.97 Å². The van der Waals surface area contributed by atoms with Gasteiger partial charge in [0.05, 0.1) is 0 Å². The van der Waals surface area contributed by atoms with Crippen LogP contribution in [-0.4, -0.2) is 28.5 Å². The number of unbranched alkanes of at least 4 members (excludes halogenated alkanes) is 2. The maximum absolute atomic E-state index is 11.8. The van der Waals surface area contributed by atoms with E-state index in [9.17, 15) is 9.59 Å². The molecule has 0 aliphatic heterocycles. The van der Waals surface area contributed by atoms with Crippen molar-refractivity contribution in [2.45, 2.75) is 25.7 Å². The van der Waals surface area contributed by atoms with Gasteiger partial charge in [0.2, 0.25) is 0 Å². The van der Waals surface area contributed by atoms with Gasteiger partial charge in [-0.15, -0.1) is 0 Å². The molecule has 0 bridgehead atoms. The van der Waals surface area contributed by atoms with Crippen LogP contribution in [0.4, 0.5) is 5.82 Å². The summed E-state index contributed by atoms with van der Waals surface area (Å²) < 4.78 is 0. The number of carboxylic acids is 1. The van der Waals surface area contributed by atoms with Crippen molar-refractivity contribution in [3.63, 3.8) is 0 Å². The van der Waals surface area contributed by atoms with E-state index in [1.54, 1.807) is 24.4 Å². The summed E-state index contributed by atoms with van der Waals surface area (Å²) >= 11 is 0. The fraction of sp³-hybridized carbons (Fsp3) is 0.333. The molecule has 0 saturated carbocycles. The van der Waals surface area contributed by atoms with Crippen molar-refractivity contribution in [3.8, 4) is 6.07 Å². The molecule has 7 heteroatoms. The summed E-state index contributed by atoms with van der Waals surface area (Å²) in [6.45, 7) is 0.404. The van der Waals surface area contributed by atoms with E-state index in [0.29, 0.717) is 31.6 Å². The Labute approximate surface area is 128 Å². The van der Waals surface area contributed by atoms with Gasteiger partial charge in [-0.05, 0) is 25.0 Å². The predicted octanol–water partition coefficient (Wildman–Crippen LogP) is 1.66. The van der Waals surface area contributed by atoms with Gasteiger partial charge < -0.3 is 15.7 Å². The summed E-state index contributed by atoms with van der Waals surface area (Å²) in [5, 5.41) is 22.9. The second-order valence-corrected chi connectivity index (χ2v) is 4.49. The third-order valence-corrected chi connectivity index (χ3v) is 2.75. The predicted molar refractivity (Wildman–Crippen MR) is 80.7 cm³/mol. The van der Waals surface area contributed by atoms with Crippen LogP contribution in [0.3, 0.4) is 0 Å². The number of pyridine rings is 1. The molecule has 3 N–H and O–H groups in total. The number of hydrogen-bond acceptors (Lipinski definition) is 5. The van der Waals surface area contributed by atoms with Crippen LogP contribution in [0.25, 0.3) is 0 Å². The molecule has 0 aromatic carbocycles. The van der Waals surface area contributed by atoms with E-state index < -0.39 is 11.9 Å². The zero-order valence-corrected chi connectivity index (χ0v) is 12.1. The first-order valence-electron chi connectivity index (χ1n) is 6.91. The number of anilines is 1. The Hall–Kier alpha value is -2.88. The Morgan fingerprint density at radius 2 is 2.14 bits per heavy atom. The Kier molecular flexibility index (Phi) is 7.76. The SMILES string of the molecule is N#C/C(=C/Nc1ccccn1)C(=O)NCCCCCC(=O)O. The summed E-state index contributed by atoms with van der Waals surface area (Å²) in [5.74, 6) is -0.750. The minimum atomic E-state index is -0.820. The van der Waals surface area contributed by atoms with Gasteiger partial charge in [0.1, 0.15) is 17.5 Å². The van der Waals surface area contributed by atoms with Crippen molar-refractivity contribution in [2.75, 3.05) is 11.9 Å². The van der Waals surface area contributed by atoms with E-state index in [2.05, 4.69) is 15.6 Å². The van der Waals surface area contributed by atoms with Crippen molar-refractivity contribution in [2.24, 2.45) is 0 Å². The van der Waals surface area contributed by atoms with E-state index >= 15 is 0 Å². The number of hydrogen-bond donors (Lipinski definition) is 3. The van der Waals surface area contributed by atoms with Gasteiger partial charge in [0, 0.05) is 25.4 Å². The highest BCUT2D eigenvalue weighted by molar-refractivity contribution is 5.97. The van der Waals surface area contributed by atoms with Crippen molar-refractivity contribution in [3.05, 3.63) is 36.2 Å². The number of nitriles is 1. The lowest BCUT2D eigenvalue weighted by molar-refractivity contribution is -0.137. The van der Waals surface area contributed by atoms with Crippen LogP contribution in [0.5, 0.6) is 0 Å². The zero-order chi connectivity index (χ0) is 16.2. The summed E-state index contributed by atoms with van der Waals surface area (Å²) in [4.78, 5) is 26.1. The number of nitrogens with zero attached hydrogens (tertiary/aromatic N) is 2. The summed E-state index contributed by atoms with van der Waals surface area (Å²) in [7, 11) is 0. The number of aromatic nitrogens is 1. The van der Waals surface area contributed by atoms with Crippen molar-refractivity contribution in [1.29, 1.82) is 5.26 Å². The molecule has 116 valence electrons. The van der Waals surface area contributed by atoms with Crippen LogP contribution >= 0.6 is 0 Å². The fourth-order valence-corrected chi connectivity index (χ4v) is 1.62. The first-order chi connectivity index (χ1) is 10.6. The van der Waals surface area contributed by atoms with Crippen LogP contribution < -0.4 is 10.6 Å². The third-order valence-electron chi connectivity index (χ3n) is 2.75. The smallest absolute Gasteiger partial charge is 0.303 e. The van der Waals surface area contributed by atoms with E-state index in [4.69, 9.17) is 10.4 Å². The van der Waals surface area contributed by atoms with Crippen molar-refractivity contribution < 1.29 is 14.7 Å². The highest BCUT2D eigenvalue weighted by Gasteiger charge is 2.07. The number of carboxylic acid groups (broad SMARTS) is 1. The Balaban J connectivity index is 2.32. The van der Waals surface area contributed by atoms with Gasteiger partial charge in [-0.25, -0.2) is 4.98 Å². The molecule has 1 heterocycles. The molecule has 0 aliphatic carbocycles. The molecule has 1 amide bonds. The van der Waals surface area contributed by atoms with E-state index in [1.807, 2.05) is 6.07 Å². The topological polar surface area (TPSA) is 115 Å². The number of carbonyl (C=O) groups excluding carboxylic acids is 1. The minimum absolute atomic E-state index is 0.0452. The molecule has 7 nitrogen and oxygen atoms in total. The molecule has 1 aromatic rings. The first kappa shape index (κ1) is 17.2. The average molecular weight is 302 g/mol. The number of rotatable bonds is 9. The van der Waals surface area contributed by atoms with E-state index in [0.717, 1.165) is 0 Å². The lowest BCUT2D eigenvalue weighted by Gasteiger charge is -2.04. The molecule has 0 unspecified atom stereocenters. The van der Waals surface area contributed by atoms with Gasteiger partial charge in [0.15, 0.2) is 0 Å². The highest BCUT2D eigenvalue weighted by Crippen LogP contribution is 2.02. The quantitative estimate of drug-likeness (QED) is 0.363. The van der Waals surface area contributed by atoms with Crippen LogP contribution in [0, 0.1) is 11.3 Å². The third kappa shape index (κ3) is 7.05. The molecule has 0 spiro atoms. The number of nitrogens with one attached hydrogen (secondary N) is 2. The Morgan fingerprint density at radius 1 is 1.32 bits per heavy atom. The molecule has 0 atom stereocenters. The lowest BCUT2D eigenvalue weighted by Crippen LogP contribution is -2.26. The zero-order valence-electron chi connectivity index (χ0n) is 12.1. The Bertz CT molecular complexity index is 564. The largest absolute Gasteiger partial charge is 0.481 e. The van der Waals surface area contributed by atoms with E-state index in [-0.39, 0.29) is 12.0 Å². The molecule has 22 heavy (non-hydrogen) atoms. The van der Waals surface area contributed by atoms with Crippen molar-refractivity contribution in [1.82, 2.24) is 10.3 Å². The molecular formula is C15H18N4O3. The Morgan fingerprint density at radius 3 is 2.77 bits per heavy atom. The van der Waals surface area contributed by atoms with Crippen molar-refractivity contribution >= 4 is 17.7 Å². The number of aliphatic carboxylic acids is 1. The standard InChI is InChI=1S/C15H18N4O3/c16-10-12(11-19-13-6-3-5-8-17-13)15(22)18-9-4-1-2-7-14(20)21/h3,5-6,8,11H,1-2,4,7,9H2,(H,17,19)(H,18,22)(H,20,21)/b12-11-. The lowest BCUT2D eigenvalue weighted by atomic mass is 10.2. The summed E-state index contributed by atoms with van der Waals surface area (Å²) in [6.07, 6.45) is 5.00. The molecule has 1 aromatic heterocycles. The average Bonchev–Trinajstić information content (AvgIpc) is 2.52. The fourth-order valence-electron chi connectivity index (χ4n) is 1.62. The van der Waals surface area contributed by atoms with Gasteiger partial charge in [-0.3, -0.25) is 9.59 Å². The highest BCUT2D eigenvalue weighted by atomic mass is 16.4. The van der Waals surface area contributed by atoms with Gasteiger partial charge in [-0.2, -0.15) is 5.26 Å². The molecule has 0 radical (unpaired) electrons.